The Morgan fingerprint density at radius 2 is 1.95 bits per heavy atom. The average molecular weight is 281 g/mol. The van der Waals surface area contributed by atoms with Crippen LogP contribution < -0.4 is 0 Å². The molecule has 0 aromatic heterocycles. The SMILES string of the molecule is CC(C)(C)OC[C@@]12CCCN1C[C@H](OC(F)(F)F)C2. The minimum atomic E-state index is -4.55. The molecule has 0 aliphatic carbocycles. The van der Waals surface area contributed by atoms with E-state index < -0.39 is 12.5 Å². The molecule has 3 nitrogen and oxygen atoms in total. The quantitative estimate of drug-likeness (QED) is 0.794. The molecule has 2 aliphatic rings. The van der Waals surface area contributed by atoms with Gasteiger partial charge in [0.15, 0.2) is 0 Å². The number of hydrogen-bond acceptors (Lipinski definition) is 3. The van der Waals surface area contributed by atoms with Crippen LogP contribution in [0.15, 0.2) is 0 Å². The summed E-state index contributed by atoms with van der Waals surface area (Å²) in [5.74, 6) is 0. The van der Waals surface area contributed by atoms with Crippen LogP contribution in [0.5, 0.6) is 0 Å². The average Bonchev–Trinajstić information content (AvgIpc) is 2.67. The predicted molar refractivity (Wildman–Crippen MR) is 64.8 cm³/mol. The molecular weight excluding hydrogens is 259 g/mol. The van der Waals surface area contributed by atoms with Crippen molar-refractivity contribution < 1.29 is 22.6 Å². The van der Waals surface area contributed by atoms with E-state index >= 15 is 0 Å². The van der Waals surface area contributed by atoms with Crippen molar-refractivity contribution in [3.8, 4) is 0 Å². The lowest BCUT2D eigenvalue weighted by Gasteiger charge is -2.34. The summed E-state index contributed by atoms with van der Waals surface area (Å²) in [6.07, 6.45) is -2.99. The molecule has 2 atom stereocenters. The molecule has 19 heavy (non-hydrogen) atoms. The summed E-state index contributed by atoms with van der Waals surface area (Å²) in [5.41, 5.74) is -0.533. The van der Waals surface area contributed by atoms with Gasteiger partial charge in [-0.2, -0.15) is 0 Å². The highest BCUT2D eigenvalue weighted by Crippen LogP contribution is 2.42. The van der Waals surface area contributed by atoms with E-state index in [2.05, 4.69) is 9.64 Å². The number of alkyl halides is 3. The highest BCUT2D eigenvalue weighted by atomic mass is 19.4. The van der Waals surface area contributed by atoms with Gasteiger partial charge in [-0.25, -0.2) is 0 Å². The van der Waals surface area contributed by atoms with E-state index in [4.69, 9.17) is 4.74 Å². The molecule has 0 aromatic rings. The van der Waals surface area contributed by atoms with Crippen LogP contribution in [0.4, 0.5) is 13.2 Å². The maximum Gasteiger partial charge on any atom is 0.522 e. The molecule has 2 heterocycles. The fourth-order valence-electron chi connectivity index (χ4n) is 3.09. The standard InChI is InChI=1S/C13H22F3NO2/c1-11(2,3)18-9-12-5-4-6-17(12)8-10(7-12)19-13(14,15)16/h10H,4-9H2,1-3H3/t10-,12+/m1/s1. The highest BCUT2D eigenvalue weighted by molar-refractivity contribution is 5.04. The molecule has 0 N–H and O–H groups in total. The number of ether oxygens (including phenoxy) is 2. The van der Waals surface area contributed by atoms with Crippen molar-refractivity contribution in [3.63, 3.8) is 0 Å². The molecule has 0 amide bonds. The van der Waals surface area contributed by atoms with Crippen molar-refractivity contribution in [1.82, 2.24) is 4.90 Å². The zero-order valence-corrected chi connectivity index (χ0v) is 11.7. The summed E-state index contributed by atoms with van der Waals surface area (Å²) in [4.78, 5) is 2.11. The highest BCUT2D eigenvalue weighted by Gasteiger charge is 2.51. The first-order valence-electron chi connectivity index (χ1n) is 6.73. The maximum atomic E-state index is 12.3. The van der Waals surface area contributed by atoms with Crippen LogP contribution in [-0.4, -0.2) is 48.2 Å². The second-order valence-corrected chi connectivity index (χ2v) is 6.56. The fourth-order valence-corrected chi connectivity index (χ4v) is 3.09. The van der Waals surface area contributed by atoms with Crippen LogP contribution in [0, 0.1) is 0 Å². The van der Waals surface area contributed by atoms with E-state index in [-0.39, 0.29) is 11.1 Å². The Morgan fingerprint density at radius 3 is 2.53 bits per heavy atom. The third-order valence-electron chi connectivity index (χ3n) is 3.85. The largest absolute Gasteiger partial charge is 0.522 e. The summed E-state index contributed by atoms with van der Waals surface area (Å²) < 4.78 is 46.9. The Hall–Kier alpha value is -0.330. The molecule has 0 saturated carbocycles. The van der Waals surface area contributed by atoms with Crippen molar-refractivity contribution in [1.29, 1.82) is 0 Å². The van der Waals surface area contributed by atoms with Gasteiger partial charge in [0.05, 0.1) is 18.3 Å². The van der Waals surface area contributed by atoms with Gasteiger partial charge in [-0.1, -0.05) is 0 Å². The van der Waals surface area contributed by atoms with Gasteiger partial charge in [0.2, 0.25) is 0 Å². The smallest absolute Gasteiger partial charge is 0.374 e. The van der Waals surface area contributed by atoms with Crippen molar-refractivity contribution in [3.05, 3.63) is 0 Å². The summed E-state index contributed by atoms with van der Waals surface area (Å²) in [6.45, 7) is 7.55. The molecule has 0 bridgehead atoms. The summed E-state index contributed by atoms with van der Waals surface area (Å²) in [5, 5.41) is 0. The Balaban J connectivity index is 1.98. The number of fused-ring (bicyclic) bond motifs is 1. The van der Waals surface area contributed by atoms with E-state index in [1.165, 1.54) is 0 Å². The normalized spacial score (nSPS) is 32.8. The lowest BCUT2D eigenvalue weighted by atomic mass is 9.94. The first-order valence-corrected chi connectivity index (χ1v) is 6.73. The van der Waals surface area contributed by atoms with Gasteiger partial charge < -0.3 is 4.74 Å². The Bertz CT molecular complexity index is 327. The summed E-state index contributed by atoms with van der Waals surface area (Å²) in [7, 11) is 0. The van der Waals surface area contributed by atoms with Gasteiger partial charge in [0, 0.05) is 12.1 Å². The van der Waals surface area contributed by atoms with Gasteiger partial charge in [0.1, 0.15) is 0 Å². The van der Waals surface area contributed by atoms with E-state index in [9.17, 15) is 13.2 Å². The van der Waals surface area contributed by atoms with Gasteiger partial charge in [-0.3, -0.25) is 9.64 Å². The number of halogens is 3. The number of nitrogens with zero attached hydrogens (tertiary/aromatic N) is 1. The molecule has 0 unspecified atom stereocenters. The van der Waals surface area contributed by atoms with Gasteiger partial charge >= 0.3 is 6.36 Å². The van der Waals surface area contributed by atoms with E-state index in [0.29, 0.717) is 19.6 Å². The zero-order valence-electron chi connectivity index (χ0n) is 11.7. The third kappa shape index (κ3) is 3.83. The van der Waals surface area contributed by atoms with Crippen molar-refractivity contribution in [2.24, 2.45) is 0 Å². The molecule has 6 heteroatoms. The first-order chi connectivity index (χ1) is 8.60. The molecule has 0 radical (unpaired) electrons. The van der Waals surface area contributed by atoms with Gasteiger partial charge in [0.25, 0.3) is 0 Å². The fraction of sp³-hybridized carbons (Fsp3) is 1.00. The van der Waals surface area contributed by atoms with E-state index in [0.717, 1.165) is 19.4 Å². The van der Waals surface area contributed by atoms with Crippen LogP contribution >= 0.6 is 0 Å². The Labute approximate surface area is 112 Å². The molecule has 0 aromatic carbocycles. The molecule has 0 spiro atoms. The van der Waals surface area contributed by atoms with Crippen LogP contribution in [0.3, 0.4) is 0 Å². The van der Waals surface area contributed by atoms with Crippen LogP contribution in [-0.2, 0) is 9.47 Å². The predicted octanol–water partition coefficient (Wildman–Crippen LogP) is 2.94. The Morgan fingerprint density at radius 1 is 1.26 bits per heavy atom. The maximum absolute atomic E-state index is 12.3. The second kappa shape index (κ2) is 4.90. The summed E-state index contributed by atoms with van der Waals surface area (Å²) >= 11 is 0. The van der Waals surface area contributed by atoms with Crippen LogP contribution in [0.25, 0.3) is 0 Å². The molecule has 2 fully saturated rings. The number of hydrogen-bond donors (Lipinski definition) is 0. The van der Waals surface area contributed by atoms with E-state index in [1.54, 1.807) is 0 Å². The monoisotopic (exact) mass is 281 g/mol. The zero-order chi connectivity index (χ0) is 14.3. The van der Waals surface area contributed by atoms with Gasteiger partial charge in [-0.05, 0) is 46.6 Å². The van der Waals surface area contributed by atoms with Crippen molar-refractivity contribution >= 4 is 0 Å². The minimum absolute atomic E-state index is 0.261. The third-order valence-corrected chi connectivity index (χ3v) is 3.85. The van der Waals surface area contributed by atoms with Crippen LogP contribution in [0.2, 0.25) is 0 Å². The lowest BCUT2D eigenvalue weighted by Crippen LogP contribution is -2.44. The molecule has 2 rings (SSSR count). The lowest BCUT2D eigenvalue weighted by molar-refractivity contribution is -0.341. The first kappa shape index (κ1) is 15.1. The summed E-state index contributed by atoms with van der Waals surface area (Å²) in [6, 6.07) is 0. The number of rotatable bonds is 3. The minimum Gasteiger partial charge on any atom is -0.374 e. The Kier molecular flexibility index (Phi) is 3.88. The van der Waals surface area contributed by atoms with Crippen molar-refractivity contribution in [2.45, 2.75) is 63.6 Å². The van der Waals surface area contributed by atoms with Crippen LogP contribution in [0.1, 0.15) is 40.0 Å². The molecule has 2 saturated heterocycles. The molecule has 112 valence electrons. The molecule has 2 aliphatic heterocycles. The van der Waals surface area contributed by atoms with Crippen molar-refractivity contribution in [2.75, 3.05) is 19.7 Å². The second-order valence-electron chi connectivity index (χ2n) is 6.56. The topological polar surface area (TPSA) is 21.7 Å². The van der Waals surface area contributed by atoms with E-state index in [1.807, 2.05) is 20.8 Å². The molecular formula is C13H22F3NO2. The van der Waals surface area contributed by atoms with Gasteiger partial charge in [-0.15, -0.1) is 13.2 Å².